The topological polar surface area (TPSA) is 9.23 Å². The summed E-state index contributed by atoms with van der Waals surface area (Å²) in [7, 11) is 0. The number of fused-ring (bicyclic) bond motifs is 5. The lowest BCUT2D eigenvalue weighted by atomic mass is 9.85. The zero-order chi connectivity index (χ0) is 37.9. The minimum Gasteiger partial charge on any atom is -0.456 e. The van der Waals surface area contributed by atoms with Gasteiger partial charge in [0.05, 0.1) is 11.0 Å². The van der Waals surface area contributed by atoms with Crippen LogP contribution in [-0.2, 0) is 0 Å². The third-order valence-corrected chi connectivity index (χ3v) is 9.28. The molecule has 0 unspecified atom stereocenters. The second-order valence-corrected chi connectivity index (χ2v) is 11.9. The fourth-order valence-electron chi connectivity index (χ4n) is 7.12. The molecule has 218 valence electrons. The van der Waals surface area contributed by atoms with Crippen LogP contribution < -0.4 is 4.74 Å². The third kappa shape index (κ3) is 4.03. The molecule has 1 heteroatoms. The minimum absolute atomic E-state index is 0.192. The van der Waals surface area contributed by atoms with Crippen LogP contribution in [0, 0.1) is 0 Å². The summed E-state index contributed by atoms with van der Waals surface area (Å²) >= 11 is 0. The molecule has 1 heterocycles. The first-order valence-corrected chi connectivity index (χ1v) is 15.5. The van der Waals surface area contributed by atoms with Gasteiger partial charge in [-0.1, -0.05) is 145 Å². The molecular weight excluding hydrogens is 569 g/mol. The molecule has 0 amide bonds. The summed E-state index contributed by atoms with van der Waals surface area (Å²) in [5, 5.41) is 4.78. The van der Waals surface area contributed by atoms with E-state index in [1.54, 1.807) is 0 Å². The predicted octanol–water partition coefficient (Wildman–Crippen LogP) is 13.1. The summed E-state index contributed by atoms with van der Waals surface area (Å²) < 4.78 is 78.3. The van der Waals surface area contributed by atoms with E-state index in [2.05, 4.69) is 24.3 Å². The van der Waals surface area contributed by atoms with E-state index in [0.717, 1.165) is 55.3 Å². The number of benzene rings is 9. The van der Waals surface area contributed by atoms with Gasteiger partial charge in [0.1, 0.15) is 11.5 Å². The van der Waals surface area contributed by atoms with Crippen LogP contribution in [0.3, 0.4) is 0 Å². The average molecular weight is 605 g/mol. The summed E-state index contributed by atoms with van der Waals surface area (Å²) in [5.74, 6) is 1.58. The van der Waals surface area contributed by atoms with Gasteiger partial charge in [-0.25, -0.2) is 0 Å². The van der Waals surface area contributed by atoms with Gasteiger partial charge in [0, 0.05) is 10.9 Å². The van der Waals surface area contributed by atoms with Crippen molar-refractivity contribution in [3.63, 3.8) is 0 Å². The molecular formula is C46H28O. The molecule has 47 heavy (non-hydrogen) atoms. The monoisotopic (exact) mass is 604 g/mol. The smallest absolute Gasteiger partial charge is 0.135 e. The highest BCUT2D eigenvalue weighted by atomic mass is 16.5. The Bertz CT molecular complexity index is 3070. The molecule has 0 N–H and O–H groups in total. The van der Waals surface area contributed by atoms with Crippen molar-refractivity contribution in [1.82, 2.24) is 0 Å². The SMILES string of the molecule is [2H]c1c([2H])c([2H])c2c(-c3ccc4ccccc4c3)c3c([2H])c([2H])c([2H])c([2H])c3c(-c3ccc(-c4ccc5c(c4)-c4cccc6cccc(c46)O5)cc3)c2c1[2H]. The van der Waals surface area contributed by atoms with E-state index in [1.807, 2.05) is 97.1 Å². The molecule has 0 fully saturated rings. The second-order valence-electron chi connectivity index (χ2n) is 11.9. The van der Waals surface area contributed by atoms with Crippen molar-refractivity contribution < 1.29 is 15.7 Å². The average Bonchev–Trinajstić information content (AvgIpc) is 3.22. The van der Waals surface area contributed by atoms with Crippen molar-refractivity contribution in [3.8, 4) is 56.0 Å². The predicted molar refractivity (Wildman–Crippen MR) is 198 cm³/mol. The Balaban J connectivity index is 1.24. The molecule has 0 saturated carbocycles. The van der Waals surface area contributed by atoms with Crippen LogP contribution >= 0.6 is 0 Å². The minimum atomic E-state index is -0.423. The van der Waals surface area contributed by atoms with E-state index < -0.39 is 24.2 Å². The lowest BCUT2D eigenvalue weighted by molar-refractivity contribution is 0.487. The van der Waals surface area contributed by atoms with Crippen molar-refractivity contribution in [3.05, 3.63) is 170 Å². The maximum atomic E-state index is 9.27. The quantitative estimate of drug-likeness (QED) is 0.182. The first-order valence-electron chi connectivity index (χ1n) is 19.5. The Morgan fingerprint density at radius 1 is 0.383 bits per heavy atom. The van der Waals surface area contributed by atoms with Crippen LogP contribution in [0.25, 0.3) is 87.6 Å². The van der Waals surface area contributed by atoms with E-state index in [0.29, 0.717) is 22.3 Å². The van der Waals surface area contributed by atoms with Gasteiger partial charge >= 0.3 is 0 Å². The highest BCUT2D eigenvalue weighted by Crippen LogP contribution is 2.48. The molecule has 0 bridgehead atoms. The van der Waals surface area contributed by atoms with Gasteiger partial charge in [0.25, 0.3) is 0 Å². The summed E-state index contributed by atoms with van der Waals surface area (Å²) in [4.78, 5) is 0. The molecule has 10 rings (SSSR count). The molecule has 1 aliphatic rings. The molecule has 9 aromatic carbocycles. The molecule has 0 aliphatic carbocycles. The number of rotatable bonds is 3. The van der Waals surface area contributed by atoms with E-state index in [9.17, 15) is 5.48 Å². The first-order chi connectivity index (χ1) is 26.6. The van der Waals surface area contributed by atoms with Crippen LogP contribution in [0.1, 0.15) is 11.0 Å². The Morgan fingerprint density at radius 2 is 0.957 bits per heavy atom. The summed E-state index contributed by atoms with van der Waals surface area (Å²) in [5.41, 5.74) is 5.68. The molecule has 0 radical (unpaired) electrons. The number of ether oxygens (including phenoxy) is 1. The zero-order valence-corrected chi connectivity index (χ0v) is 25.0. The van der Waals surface area contributed by atoms with Crippen LogP contribution in [0.15, 0.2) is 170 Å². The van der Waals surface area contributed by atoms with E-state index in [-0.39, 0.29) is 45.7 Å². The summed E-state index contributed by atoms with van der Waals surface area (Å²) in [6.45, 7) is 0. The fraction of sp³-hybridized carbons (Fsp3) is 0. The van der Waals surface area contributed by atoms with Crippen molar-refractivity contribution in [2.75, 3.05) is 0 Å². The van der Waals surface area contributed by atoms with Crippen LogP contribution in [0.5, 0.6) is 11.5 Å². The van der Waals surface area contributed by atoms with Gasteiger partial charge in [-0.15, -0.1) is 0 Å². The molecule has 9 aromatic rings. The molecule has 0 atom stereocenters. The molecule has 1 nitrogen and oxygen atoms in total. The van der Waals surface area contributed by atoms with Crippen LogP contribution in [0.4, 0.5) is 0 Å². The largest absolute Gasteiger partial charge is 0.456 e. The van der Waals surface area contributed by atoms with Gasteiger partial charge in [-0.2, -0.15) is 0 Å². The van der Waals surface area contributed by atoms with E-state index in [1.165, 1.54) is 0 Å². The fourth-order valence-corrected chi connectivity index (χ4v) is 7.12. The molecule has 0 aromatic heterocycles. The Hall–Kier alpha value is -6.18. The van der Waals surface area contributed by atoms with Crippen molar-refractivity contribution in [2.45, 2.75) is 0 Å². The van der Waals surface area contributed by atoms with Gasteiger partial charge in [-0.05, 0) is 101 Å². The van der Waals surface area contributed by atoms with Crippen LogP contribution in [0.2, 0.25) is 0 Å². The zero-order valence-electron chi connectivity index (χ0n) is 33.0. The van der Waals surface area contributed by atoms with Gasteiger partial charge in [0.15, 0.2) is 0 Å². The number of hydrogen-bond donors (Lipinski definition) is 0. The van der Waals surface area contributed by atoms with Crippen molar-refractivity contribution in [2.24, 2.45) is 0 Å². The number of hydrogen-bond acceptors (Lipinski definition) is 1. The maximum absolute atomic E-state index is 9.27. The molecule has 0 spiro atoms. The normalized spacial score (nSPS) is 14.4. The molecule has 0 saturated heterocycles. The van der Waals surface area contributed by atoms with Crippen LogP contribution in [-0.4, -0.2) is 0 Å². The first kappa shape index (κ1) is 19.4. The highest BCUT2D eigenvalue weighted by Gasteiger charge is 2.21. The lowest BCUT2D eigenvalue weighted by Crippen LogP contribution is -1.97. The van der Waals surface area contributed by atoms with Gasteiger partial charge < -0.3 is 4.74 Å². The Kier molecular flexibility index (Phi) is 4.19. The summed E-state index contributed by atoms with van der Waals surface area (Å²) in [6.07, 6.45) is 0. The van der Waals surface area contributed by atoms with Crippen molar-refractivity contribution >= 4 is 43.1 Å². The Labute approximate surface area is 284 Å². The molecule has 1 aliphatic heterocycles. The van der Waals surface area contributed by atoms with E-state index in [4.69, 9.17) is 10.2 Å². The Morgan fingerprint density at radius 3 is 1.68 bits per heavy atom. The maximum Gasteiger partial charge on any atom is 0.135 e. The highest BCUT2D eigenvalue weighted by molar-refractivity contribution is 6.21. The second kappa shape index (κ2) is 10.2. The standard InChI is InChI=1S/C46H28O/c1-2-10-33-27-35(24-21-29(33)9-1)45-38-15-5-3-13-36(38)44(37-14-4-6-16-39(37)45)32-22-19-30(20-23-32)34-25-26-42-41(28-34)40-17-7-11-31-12-8-18-43(47-42)46(31)40/h1-28H/i3D,4D,5D,6D,13D,14D,15D,16D. The van der Waals surface area contributed by atoms with Gasteiger partial charge in [0.2, 0.25) is 0 Å². The summed E-state index contributed by atoms with van der Waals surface area (Å²) in [6, 6.07) is 36.5. The van der Waals surface area contributed by atoms with Crippen molar-refractivity contribution in [1.29, 1.82) is 0 Å². The lowest BCUT2D eigenvalue weighted by Gasteiger charge is -2.22. The van der Waals surface area contributed by atoms with E-state index >= 15 is 0 Å². The van der Waals surface area contributed by atoms with Gasteiger partial charge in [-0.3, -0.25) is 0 Å². The third-order valence-electron chi connectivity index (χ3n) is 9.28.